The maximum Gasteiger partial charge on any atom is 0.311 e. The summed E-state index contributed by atoms with van der Waals surface area (Å²) in [5.41, 5.74) is 5.92. The van der Waals surface area contributed by atoms with Crippen molar-refractivity contribution in [2.45, 2.75) is 24.8 Å². The van der Waals surface area contributed by atoms with E-state index in [-0.39, 0.29) is 42.3 Å². The van der Waals surface area contributed by atoms with E-state index in [0.29, 0.717) is 24.5 Å². The highest BCUT2D eigenvalue weighted by Crippen LogP contribution is 2.32. The SMILES string of the molecule is CC(C)Oc1ccc(S(=O)(=O)N2CCN(c3ccc([N+](=O)[O-])c(OCN)c3)CC2)cc1. The zero-order chi connectivity index (χ0) is 22.6. The molecule has 1 heterocycles. The van der Waals surface area contributed by atoms with Crippen LogP contribution in [0.5, 0.6) is 11.5 Å². The fraction of sp³-hybridized carbons (Fsp3) is 0.400. The normalized spacial score (nSPS) is 15.2. The van der Waals surface area contributed by atoms with Crippen molar-refractivity contribution in [1.29, 1.82) is 0 Å². The van der Waals surface area contributed by atoms with Gasteiger partial charge < -0.3 is 14.4 Å². The highest BCUT2D eigenvalue weighted by Gasteiger charge is 2.29. The lowest BCUT2D eigenvalue weighted by Gasteiger charge is -2.35. The molecule has 2 N–H and O–H groups in total. The van der Waals surface area contributed by atoms with Crippen LogP contribution in [0, 0.1) is 10.1 Å². The number of nitrogens with zero attached hydrogens (tertiary/aromatic N) is 3. The summed E-state index contributed by atoms with van der Waals surface area (Å²) in [5.74, 6) is 0.705. The fourth-order valence-electron chi connectivity index (χ4n) is 3.35. The van der Waals surface area contributed by atoms with Crippen molar-refractivity contribution in [3.8, 4) is 11.5 Å². The molecule has 2 aromatic rings. The molecule has 0 spiro atoms. The minimum absolute atomic E-state index is 0.00530. The topological polar surface area (TPSA) is 128 Å². The number of piperazine rings is 1. The number of ether oxygens (including phenoxy) is 2. The quantitative estimate of drug-likeness (QED) is 0.368. The van der Waals surface area contributed by atoms with Gasteiger partial charge in [-0.1, -0.05) is 0 Å². The Morgan fingerprint density at radius 2 is 1.74 bits per heavy atom. The number of rotatable bonds is 8. The summed E-state index contributed by atoms with van der Waals surface area (Å²) in [6, 6.07) is 10.9. The van der Waals surface area contributed by atoms with E-state index in [9.17, 15) is 18.5 Å². The molecule has 10 nitrogen and oxygen atoms in total. The Bertz CT molecular complexity index is 1020. The van der Waals surface area contributed by atoms with Crippen molar-refractivity contribution in [3.63, 3.8) is 0 Å². The predicted molar refractivity (Wildman–Crippen MR) is 116 cm³/mol. The molecule has 1 aliphatic rings. The van der Waals surface area contributed by atoms with E-state index >= 15 is 0 Å². The van der Waals surface area contributed by atoms with Crippen LogP contribution >= 0.6 is 0 Å². The molecule has 1 aliphatic heterocycles. The lowest BCUT2D eigenvalue weighted by molar-refractivity contribution is -0.385. The third kappa shape index (κ3) is 5.24. The van der Waals surface area contributed by atoms with Gasteiger partial charge in [0.2, 0.25) is 15.8 Å². The average Bonchev–Trinajstić information content (AvgIpc) is 2.74. The third-order valence-corrected chi connectivity index (χ3v) is 6.73. The van der Waals surface area contributed by atoms with E-state index in [2.05, 4.69) is 0 Å². The van der Waals surface area contributed by atoms with E-state index in [1.807, 2.05) is 18.7 Å². The van der Waals surface area contributed by atoms with Crippen molar-refractivity contribution < 1.29 is 22.8 Å². The van der Waals surface area contributed by atoms with Gasteiger partial charge >= 0.3 is 5.69 Å². The Labute approximate surface area is 181 Å². The first-order valence-electron chi connectivity index (χ1n) is 9.85. The fourth-order valence-corrected chi connectivity index (χ4v) is 4.78. The van der Waals surface area contributed by atoms with Gasteiger partial charge in [-0.2, -0.15) is 4.31 Å². The van der Waals surface area contributed by atoms with Gasteiger partial charge in [-0.3, -0.25) is 15.8 Å². The Balaban J connectivity index is 1.70. The largest absolute Gasteiger partial charge is 0.491 e. The lowest BCUT2D eigenvalue weighted by atomic mass is 10.2. The number of benzene rings is 2. The smallest absolute Gasteiger partial charge is 0.311 e. The molecular formula is C20H26N4O6S. The maximum absolute atomic E-state index is 13.0. The van der Waals surface area contributed by atoms with Gasteiger partial charge in [0.05, 0.1) is 15.9 Å². The Hall–Kier alpha value is -2.89. The molecule has 2 aromatic carbocycles. The van der Waals surface area contributed by atoms with Crippen LogP contribution in [0.3, 0.4) is 0 Å². The van der Waals surface area contributed by atoms with E-state index in [1.165, 1.54) is 10.4 Å². The molecule has 1 saturated heterocycles. The van der Waals surface area contributed by atoms with E-state index in [0.717, 1.165) is 0 Å². The third-order valence-electron chi connectivity index (χ3n) is 4.82. The number of hydrogen-bond acceptors (Lipinski definition) is 8. The minimum Gasteiger partial charge on any atom is -0.491 e. The van der Waals surface area contributed by atoms with Gasteiger partial charge in [0.1, 0.15) is 12.5 Å². The van der Waals surface area contributed by atoms with Crippen molar-refractivity contribution in [2.24, 2.45) is 5.73 Å². The van der Waals surface area contributed by atoms with Gasteiger partial charge in [-0.05, 0) is 44.2 Å². The molecule has 0 aromatic heterocycles. The molecule has 0 radical (unpaired) electrons. The predicted octanol–water partition coefficient (Wildman–Crippen LogP) is 2.19. The monoisotopic (exact) mass is 450 g/mol. The zero-order valence-corrected chi connectivity index (χ0v) is 18.2. The molecule has 0 atom stereocenters. The van der Waals surface area contributed by atoms with Gasteiger partial charge in [-0.25, -0.2) is 8.42 Å². The van der Waals surface area contributed by atoms with Crippen molar-refractivity contribution in [1.82, 2.24) is 4.31 Å². The number of sulfonamides is 1. The molecule has 0 aliphatic carbocycles. The van der Waals surface area contributed by atoms with Crippen LogP contribution in [0.15, 0.2) is 47.4 Å². The van der Waals surface area contributed by atoms with Crippen LogP contribution in [0.1, 0.15) is 13.8 Å². The average molecular weight is 451 g/mol. The summed E-state index contributed by atoms with van der Waals surface area (Å²) in [7, 11) is -3.63. The van der Waals surface area contributed by atoms with Crippen LogP contribution in [-0.2, 0) is 10.0 Å². The standard InChI is InChI=1S/C20H26N4O6S/c1-15(2)30-17-4-6-18(7-5-17)31(27,28)23-11-9-22(10-12-23)16-3-8-19(24(25)26)20(13-16)29-14-21/h3-8,13,15H,9-12,14,21H2,1-2H3. The van der Waals surface area contributed by atoms with Gasteiger partial charge in [0.15, 0.2) is 0 Å². The number of nitro benzene ring substituents is 1. The van der Waals surface area contributed by atoms with Crippen LogP contribution < -0.4 is 20.1 Å². The highest BCUT2D eigenvalue weighted by atomic mass is 32.2. The van der Waals surface area contributed by atoms with Crippen LogP contribution in [-0.4, -0.2) is 56.7 Å². The molecule has 0 unspecified atom stereocenters. The van der Waals surface area contributed by atoms with Gasteiger partial charge in [0.25, 0.3) is 0 Å². The van der Waals surface area contributed by atoms with E-state index in [4.69, 9.17) is 15.2 Å². The summed E-state index contributed by atoms with van der Waals surface area (Å²) in [5, 5.41) is 11.1. The molecule has 31 heavy (non-hydrogen) atoms. The van der Waals surface area contributed by atoms with Crippen LogP contribution in [0.2, 0.25) is 0 Å². The van der Waals surface area contributed by atoms with E-state index in [1.54, 1.807) is 36.4 Å². The van der Waals surface area contributed by atoms with Crippen molar-refractivity contribution in [3.05, 3.63) is 52.6 Å². The first-order valence-corrected chi connectivity index (χ1v) is 11.3. The molecule has 0 amide bonds. The number of nitrogens with two attached hydrogens (primary N) is 1. The van der Waals surface area contributed by atoms with Crippen LogP contribution in [0.4, 0.5) is 11.4 Å². The Morgan fingerprint density at radius 1 is 1.10 bits per heavy atom. The van der Waals surface area contributed by atoms with Crippen molar-refractivity contribution >= 4 is 21.4 Å². The second kappa shape index (κ2) is 9.50. The van der Waals surface area contributed by atoms with Gasteiger partial charge in [-0.15, -0.1) is 0 Å². The van der Waals surface area contributed by atoms with Crippen molar-refractivity contribution in [2.75, 3.05) is 37.8 Å². The summed E-state index contributed by atoms with van der Waals surface area (Å²) >= 11 is 0. The molecule has 0 bridgehead atoms. The summed E-state index contributed by atoms with van der Waals surface area (Å²) in [6.45, 7) is 5.08. The lowest BCUT2D eigenvalue weighted by Crippen LogP contribution is -2.48. The number of nitro groups is 1. The summed E-state index contributed by atoms with van der Waals surface area (Å²) in [6.07, 6.45) is 0.00530. The second-order valence-electron chi connectivity index (χ2n) is 7.25. The Morgan fingerprint density at radius 3 is 2.29 bits per heavy atom. The first-order chi connectivity index (χ1) is 14.7. The molecule has 11 heteroatoms. The van der Waals surface area contributed by atoms with Gasteiger partial charge in [0, 0.05) is 44.0 Å². The Kier molecular flexibility index (Phi) is 6.98. The summed E-state index contributed by atoms with van der Waals surface area (Å²) < 4.78 is 38.2. The molecule has 0 saturated carbocycles. The zero-order valence-electron chi connectivity index (χ0n) is 17.4. The number of anilines is 1. The molecular weight excluding hydrogens is 424 g/mol. The minimum atomic E-state index is -3.63. The highest BCUT2D eigenvalue weighted by molar-refractivity contribution is 7.89. The second-order valence-corrected chi connectivity index (χ2v) is 9.19. The molecule has 168 valence electrons. The van der Waals surface area contributed by atoms with E-state index < -0.39 is 14.9 Å². The summed E-state index contributed by atoms with van der Waals surface area (Å²) in [4.78, 5) is 12.8. The van der Waals surface area contributed by atoms with Crippen LogP contribution in [0.25, 0.3) is 0 Å². The number of hydrogen-bond donors (Lipinski definition) is 1. The molecule has 1 fully saturated rings. The first kappa shape index (κ1) is 22.8. The maximum atomic E-state index is 13.0. The molecule has 3 rings (SSSR count).